The lowest BCUT2D eigenvalue weighted by atomic mass is 10.2. The van der Waals surface area contributed by atoms with E-state index in [1.165, 1.54) is 13.1 Å². The number of nitrogens with one attached hydrogen (secondary N) is 3. The minimum Gasteiger partial charge on any atom is -0.455 e. The number of carbonyl (C=O) groups excluding carboxylic acids is 2. The van der Waals surface area contributed by atoms with Gasteiger partial charge in [0.05, 0.1) is 20.5 Å². The third kappa shape index (κ3) is 6.64. The Labute approximate surface area is 182 Å². The van der Waals surface area contributed by atoms with E-state index in [4.69, 9.17) is 16.3 Å². The maximum atomic E-state index is 12.3. The van der Waals surface area contributed by atoms with Crippen molar-refractivity contribution < 1.29 is 27.7 Å². The van der Waals surface area contributed by atoms with E-state index in [0.29, 0.717) is 10.7 Å². The highest BCUT2D eigenvalue weighted by Gasteiger charge is 2.22. The highest BCUT2D eigenvalue weighted by Crippen LogP contribution is 2.27. The molecule has 0 aliphatic rings. The number of benzene rings is 2. The normalized spacial score (nSPS) is 10.9. The molecule has 2 aromatic carbocycles. The molecule has 2 rings (SSSR count). The number of hydrogen-bond donors (Lipinski definition) is 3. The zero-order valence-electron chi connectivity index (χ0n) is 16.5. The molecule has 0 aromatic heterocycles. The monoisotopic (exact) mass is 470 g/mol. The molecule has 0 unspecified atom stereocenters. The molecule has 0 radical (unpaired) electrons. The van der Waals surface area contributed by atoms with Gasteiger partial charge in [-0.1, -0.05) is 17.7 Å². The number of ether oxygens (including phenoxy) is 1. The fraction of sp³-hybridized carbons (Fsp3) is 0.222. The lowest BCUT2D eigenvalue weighted by molar-refractivity contribution is -0.384. The van der Waals surface area contributed by atoms with Crippen molar-refractivity contribution in [2.24, 2.45) is 0 Å². The highest BCUT2D eigenvalue weighted by molar-refractivity contribution is 7.89. The first-order valence-electron chi connectivity index (χ1n) is 8.71. The van der Waals surface area contributed by atoms with Crippen molar-refractivity contribution >= 4 is 50.6 Å². The van der Waals surface area contributed by atoms with Gasteiger partial charge in [-0.05, 0) is 36.8 Å². The van der Waals surface area contributed by atoms with Gasteiger partial charge in [0.15, 0.2) is 6.61 Å². The molecule has 0 saturated heterocycles. The first-order valence-corrected chi connectivity index (χ1v) is 10.6. The van der Waals surface area contributed by atoms with Crippen molar-refractivity contribution in [2.75, 3.05) is 30.8 Å². The lowest BCUT2D eigenvalue weighted by Crippen LogP contribution is -2.32. The smallest absolute Gasteiger partial charge is 0.321 e. The number of halogens is 1. The molecule has 0 spiro atoms. The fourth-order valence-corrected chi connectivity index (χ4v) is 3.65. The van der Waals surface area contributed by atoms with E-state index in [1.54, 1.807) is 18.2 Å². The molecule has 13 heteroatoms. The number of carbonyl (C=O) groups is 2. The maximum Gasteiger partial charge on any atom is 0.321 e. The van der Waals surface area contributed by atoms with E-state index in [1.807, 2.05) is 11.6 Å². The van der Waals surface area contributed by atoms with Crippen LogP contribution in [0.15, 0.2) is 41.3 Å². The molecule has 166 valence electrons. The zero-order valence-corrected chi connectivity index (χ0v) is 18.0. The van der Waals surface area contributed by atoms with Gasteiger partial charge in [-0.25, -0.2) is 8.42 Å². The first kappa shape index (κ1) is 24.1. The third-order valence-corrected chi connectivity index (χ3v) is 5.63. The number of aryl methyl sites for hydroxylation is 1. The molecule has 0 aliphatic carbocycles. The van der Waals surface area contributed by atoms with Gasteiger partial charge in [0.2, 0.25) is 10.0 Å². The van der Waals surface area contributed by atoms with Gasteiger partial charge in [0.1, 0.15) is 12.2 Å². The molecule has 0 atom stereocenters. The first-order chi connectivity index (χ1) is 14.5. The standard InChI is InChI=1S/C18H19ClN4O7S/c1-11-3-5-14(13(19)7-11)22-17(24)10-30-18(25)9-21-31(28,29)12-4-6-15(20-2)16(8-12)23(26)27/h3-8,20-21H,9-10H2,1-2H3,(H,22,24). The summed E-state index contributed by atoms with van der Waals surface area (Å²) in [5.41, 5.74) is 0.913. The summed E-state index contributed by atoms with van der Waals surface area (Å²) < 4.78 is 31.3. The summed E-state index contributed by atoms with van der Waals surface area (Å²) in [5.74, 6) is -1.68. The predicted octanol–water partition coefficient (Wildman–Crippen LogP) is 2.06. The number of nitro benzene ring substituents is 1. The van der Waals surface area contributed by atoms with Crippen molar-refractivity contribution in [3.05, 3.63) is 57.1 Å². The number of sulfonamides is 1. The van der Waals surface area contributed by atoms with Gasteiger partial charge in [-0.3, -0.25) is 19.7 Å². The molecule has 0 aliphatic heterocycles. The Kier molecular flexibility index (Phi) is 7.91. The predicted molar refractivity (Wildman–Crippen MR) is 114 cm³/mol. The quantitative estimate of drug-likeness (QED) is 0.285. The van der Waals surface area contributed by atoms with Crippen LogP contribution in [0.25, 0.3) is 0 Å². The minimum atomic E-state index is -4.23. The summed E-state index contributed by atoms with van der Waals surface area (Å²) >= 11 is 6.00. The topological polar surface area (TPSA) is 157 Å². The van der Waals surface area contributed by atoms with E-state index in [0.717, 1.165) is 17.7 Å². The number of rotatable bonds is 9. The van der Waals surface area contributed by atoms with Crippen LogP contribution in [0, 0.1) is 17.0 Å². The van der Waals surface area contributed by atoms with Crippen LogP contribution in [0.5, 0.6) is 0 Å². The van der Waals surface area contributed by atoms with E-state index in [-0.39, 0.29) is 5.69 Å². The maximum absolute atomic E-state index is 12.3. The van der Waals surface area contributed by atoms with Crippen molar-refractivity contribution in [2.45, 2.75) is 11.8 Å². The number of amides is 1. The number of esters is 1. The molecule has 3 N–H and O–H groups in total. The summed E-state index contributed by atoms with van der Waals surface area (Å²) in [5, 5.41) is 16.4. The number of nitro groups is 1. The van der Waals surface area contributed by atoms with Crippen LogP contribution in [0.4, 0.5) is 17.1 Å². The van der Waals surface area contributed by atoms with Gasteiger partial charge in [-0.2, -0.15) is 4.72 Å². The molecule has 1 amide bonds. The number of anilines is 2. The minimum absolute atomic E-state index is 0.128. The summed E-state index contributed by atoms with van der Waals surface area (Å²) in [6.45, 7) is 0.392. The summed E-state index contributed by atoms with van der Waals surface area (Å²) in [7, 11) is -2.78. The highest BCUT2D eigenvalue weighted by atomic mass is 35.5. The van der Waals surface area contributed by atoms with Crippen LogP contribution in [-0.4, -0.2) is 45.4 Å². The second-order valence-corrected chi connectivity index (χ2v) is 8.38. The van der Waals surface area contributed by atoms with Gasteiger partial charge >= 0.3 is 5.97 Å². The Balaban J connectivity index is 1.92. The van der Waals surface area contributed by atoms with Crippen LogP contribution in [0.3, 0.4) is 0 Å². The van der Waals surface area contributed by atoms with Crippen molar-refractivity contribution in [3.8, 4) is 0 Å². The van der Waals surface area contributed by atoms with Crippen molar-refractivity contribution in [1.82, 2.24) is 4.72 Å². The molecule has 31 heavy (non-hydrogen) atoms. The SMILES string of the molecule is CNc1ccc(S(=O)(=O)NCC(=O)OCC(=O)Nc2ccc(C)cc2Cl)cc1[N+](=O)[O-]. The van der Waals surface area contributed by atoms with Crippen LogP contribution in [0.2, 0.25) is 5.02 Å². The molecule has 0 saturated carbocycles. The van der Waals surface area contributed by atoms with Gasteiger partial charge in [0, 0.05) is 13.1 Å². The molecule has 2 aromatic rings. The molecular formula is C18H19ClN4O7S. The Morgan fingerprint density at radius 1 is 1.16 bits per heavy atom. The van der Waals surface area contributed by atoms with Crippen LogP contribution in [-0.2, 0) is 24.3 Å². The second-order valence-electron chi connectivity index (χ2n) is 6.20. The molecule has 11 nitrogen and oxygen atoms in total. The van der Waals surface area contributed by atoms with Crippen LogP contribution >= 0.6 is 11.6 Å². The molecular weight excluding hydrogens is 452 g/mol. The number of hydrogen-bond acceptors (Lipinski definition) is 8. The van der Waals surface area contributed by atoms with Gasteiger partial charge in [-0.15, -0.1) is 0 Å². The van der Waals surface area contributed by atoms with Crippen LogP contribution < -0.4 is 15.4 Å². The molecule has 0 fully saturated rings. The van der Waals surface area contributed by atoms with E-state index in [2.05, 4.69) is 10.6 Å². The largest absolute Gasteiger partial charge is 0.455 e. The van der Waals surface area contributed by atoms with E-state index >= 15 is 0 Å². The summed E-state index contributed by atoms with van der Waals surface area (Å²) in [6.07, 6.45) is 0. The Bertz CT molecular complexity index is 1120. The Hall–Kier alpha value is -3.22. The average molecular weight is 471 g/mol. The summed E-state index contributed by atoms with van der Waals surface area (Å²) in [6, 6.07) is 8.19. The van der Waals surface area contributed by atoms with Crippen molar-refractivity contribution in [1.29, 1.82) is 0 Å². The van der Waals surface area contributed by atoms with Gasteiger partial charge < -0.3 is 15.4 Å². The van der Waals surface area contributed by atoms with Gasteiger partial charge in [0.25, 0.3) is 11.6 Å². The van der Waals surface area contributed by atoms with E-state index in [9.17, 15) is 28.1 Å². The second kappa shape index (κ2) is 10.2. The Morgan fingerprint density at radius 2 is 1.84 bits per heavy atom. The molecule has 0 heterocycles. The molecule has 0 bridgehead atoms. The zero-order chi connectivity index (χ0) is 23.2. The summed E-state index contributed by atoms with van der Waals surface area (Å²) in [4.78, 5) is 33.6. The lowest BCUT2D eigenvalue weighted by Gasteiger charge is -2.10. The van der Waals surface area contributed by atoms with Crippen LogP contribution in [0.1, 0.15) is 5.56 Å². The fourth-order valence-electron chi connectivity index (χ4n) is 2.38. The third-order valence-electron chi connectivity index (χ3n) is 3.91. The van der Waals surface area contributed by atoms with E-state index < -0.39 is 50.6 Å². The van der Waals surface area contributed by atoms with Crippen molar-refractivity contribution in [3.63, 3.8) is 0 Å². The average Bonchev–Trinajstić information content (AvgIpc) is 2.72. The number of nitrogens with zero attached hydrogens (tertiary/aromatic N) is 1. The Morgan fingerprint density at radius 3 is 2.45 bits per heavy atom.